The molecule has 1 aliphatic heterocycles. The number of hydrogen-bond donors (Lipinski definition) is 3. The van der Waals surface area contributed by atoms with Gasteiger partial charge in [-0.25, -0.2) is 14.8 Å². The Labute approximate surface area is 210 Å². The summed E-state index contributed by atoms with van der Waals surface area (Å²) in [7, 11) is 1.88. The van der Waals surface area contributed by atoms with Crippen molar-refractivity contribution in [3.63, 3.8) is 0 Å². The van der Waals surface area contributed by atoms with E-state index in [0.29, 0.717) is 18.1 Å². The summed E-state index contributed by atoms with van der Waals surface area (Å²) in [5.41, 5.74) is 3.55. The van der Waals surface area contributed by atoms with E-state index in [2.05, 4.69) is 27.8 Å². The first-order valence-electron chi connectivity index (χ1n) is 12.8. The lowest BCUT2D eigenvalue weighted by molar-refractivity contribution is -0.140. The van der Waals surface area contributed by atoms with E-state index < -0.39 is 17.9 Å². The van der Waals surface area contributed by atoms with Crippen molar-refractivity contribution in [2.24, 2.45) is 13.0 Å². The fourth-order valence-electron chi connectivity index (χ4n) is 5.04. The number of carboxylic acids is 1. The number of rotatable bonds is 10. The fraction of sp³-hybridized carbons (Fsp3) is 0.481. The van der Waals surface area contributed by atoms with Crippen LogP contribution in [0.4, 0.5) is 5.82 Å². The molecule has 1 atom stereocenters. The van der Waals surface area contributed by atoms with E-state index in [4.69, 9.17) is 9.72 Å². The number of fused-ring (bicyclic) bond motifs is 2. The quantitative estimate of drug-likeness (QED) is 0.398. The smallest absolute Gasteiger partial charge is 0.326 e. The van der Waals surface area contributed by atoms with Gasteiger partial charge in [-0.1, -0.05) is 6.07 Å². The predicted molar refractivity (Wildman–Crippen MR) is 136 cm³/mol. The van der Waals surface area contributed by atoms with Gasteiger partial charge in [0.05, 0.1) is 11.7 Å². The number of carbonyl (C=O) groups excluding carboxylic acids is 1. The zero-order chi connectivity index (χ0) is 25.1. The van der Waals surface area contributed by atoms with Crippen molar-refractivity contribution in [1.29, 1.82) is 0 Å². The number of aryl methyl sites for hydroxylation is 3. The Kier molecular flexibility index (Phi) is 7.18. The van der Waals surface area contributed by atoms with Gasteiger partial charge in [0.1, 0.15) is 17.5 Å². The number of ether oxygens (including phenoxy) is 1. The maximum absolute atomic E-state index is 12.6. The third-order valence-corrected chi connectivity index (χ3v) is 7.29. The van der Waals surface area contributed by atoms with E-state index in [1.807, 2.05) is 23.9 Å². The Morgan fingerprint density at radius 1 is 1.31 bits per heavy atom. The number of hydrogen-bond acceptors (Lipinski definition) is 6. The Hall–Kier alpha value is -3.46. The molecule has 3 aromatic rings. The van der Waals surface area contributed by atoms with Crippen LogP contribution < -0.4 is 10.6 Å². The van der Waals surface area contributed by atoms with Crippen LogP contribution in [0.3, 0.4) is 0 Å². The second-order valence-corrected chi connectivity index (χ2v) is 9.93. The predicted octanol–water partition coefficient (Wildman–Crippen LogP) is 3.33. The number of anilines is 1. The number of amides is 1. The van der Waals surface area contributed by atoms with Crippen molar-refractivity contribution < 1.29 is 19.4 Å². The lowest BCUT2D eigenvalue weighted by Gasteiger charge is -2.35. The molecule has 190 valence electrons. The highest BCUT2D eigenvalue weighted by atomic mass is 16.5. The van der Waals surface area contributed by atoms with Gasteiger partial charge in [-0.15, -0.1) is 0 Å². The van der Waals surface area contributed by atoms with Gasteiger partial charge in [0, 0.05) is 50.1 Å². The van der Waals surface area contributed by atoms with Crippen molar-refractivity contribution in [3.8, 4) is 0 Å². The molecule has 5 rings (SSSR count). The van der Waals surface area contributed by atoms with Crippen LogP contribution in [0.2, 0.25) is 0 Å². The molecule has 0 spiro atoms. The summed E-state index contributed by atoms with van der Waals surface area (Å²) >= 11 is 0. The van der Waals surface area contributed by atoms with Crippen LogP contribution in [0, 0.1) is 5.92 Å². The summed E-state index contributed by atoms with van der Waals surface area (Å²) in [6, 6.07) is 6.92. The van der Waals surface area contributed by atoms with Crippen LogP contribution in [0.15, 0.2) is 36.7 Å². The van der Waals surface area contributed by atoms with E-state index in [9.17, 15) is 14.7 Å². The van der Waals surface area contributed by atoms with Gasteiger partial charge in [-0.05, 0) is 68.2 Å². The van der Waals surface area contributed by atoms with Crippen molar-refractivity contribution in [2.75, 3.05) is 18.5 Å². The molecule has 3 aromatic heterocycles. The third kappa shape index (κ3) is 5.51. The lowest BCUT2D eigenvalue weighted by atomic mass is 9.79. The number of aliphatic carboxylic acids is 1. The molecule has 1 fully saturated rings. The summed E-state index contributed by atoms with van der Waals surface area (Å²) in [5, 5.41) is 16.4. The van der Waals surface area contributed by atoms with E-state index >= 15 is 0 Å². The Morgan fingerprint density at radius 3 is 3.00 bits per heavy atom. The molecule has 2 aliphatic rings. The minimum atomic E-state index is -1.07. The molecular formula is C27H33N5O4. The maximum atomic E-state index is 12.6. The molecule has 0 radical (unpaired) electrons. The Morgan fingerprint density at radius 2 is 2.17 bits per heavy atom. The fourth-order valence-corrected chi connectivity index (χ4v) is 5.04. The summed E-state index contributed by atoms with van der Waals surface area (Å²) in [5.74, 6) is 0.135. The van der Waals surface area contributed by atoms with Crippen molar-refractivity contribution >= 4 is 28.7 Å². The first-order valence-corrected chi connectivity index (χ1v) is 12.8. The normalized spacial score (nSPS) is 19.7. The molecule has 4 heterocycles. The van der Waals surface area contributed by atoms with E-state index in [0.717, 1.165) is 61.2 Å². The van der Waals surface area contributed by atoms with Crippen molar-refractivity contribution in [1.82, 2.24) is 19.9 Å². The molecule has 0 aromatic carbocycles. The van der Waals surface area contributed by atoms with Gasteiger partial charge >= 0.3 is 5.97 Å². The summed E-state index contributed by atoms with van der Waals surface area (Å²) in [6.45, 7) is 1.29. The minimum absolute atomic E-state index is 0.156. The van der Waals surface area contributed by atoms with Gasteiger partial charge < -0.3 is 25.0 Å². The number of nitrogens with zero attached hydrogens (tertiary/aromatic N) is 3. The average molecular weight is 492 g/mol. The molecule has 9 heteroatoms. The highest BCUT2D eigenvalue weighted by Gasteiger charge is 2.30. The molecule has 1 amide bonds. The van der Waals surface area contributed by atoms with Gasteiger partial charge in [0.15, 0.2) is 0 Å². The minimum Gasteiger partial charge on any atom is -0.480 e. The SMILES string of the molecule is Cn1ccc2cc(C(=O)N[C@@H](CCOC3CC(CCc4ccc5c(n4)NCCC5)C3)C(=O)O)cnc21. The number of carboxylic acid groups (broad SMARTS) is 1. The standard InChI is InChI=1S/C27H33N5O4/c1-32-11-8-19-15-20(16-29-25(19)32)26(33)31-23(27(34)35)9-12-36-22-13-17(14-22)4-6-21-7-5-18-3-2-10-28-24(18)30-21/h5,7-8,11,15-17,22-23H,2-4,6,9-10,12-14H2,1H3,(H,28,30)(H,31,33)(H,34,35)/t17?,22?,23-/m0/s1. The molecule has 0 unspecified atom stereocenters. The van der Waals surface area contributed by atoms with Gasteiger partial charge in [-0.2, -0.15) is 0 Å². The topological polar surface area (TPSA) is 118 Å². The highest BCUT2D eigenvalue weighted by molar-refractivity contribution is 5.98. The van der Waals surface area contributed by atoms with Crippen molar-refractivity contribution in [3.05, 3.63) is 53.5 Å². The first kappa shape index (κ1) is 24.2. The van der Waals surface area contributed by atoms with Crippen LogP contribution >= 0.6 is 0 Å². The average Bonchev–Trinajstić information content (AvgIpc) is 3.23. The summed E-state index contributed by atoms with van der Waals surface area (Å²) in [6.07, 6.45) is 9.98. The molecule has 1 saturated carbocycles. The molecule has 9 nitrogen and oxygen atoms in total. The lowest BCUT2D eigenvalue weighted by Crippen LogP contribution is -2.42. The molecule has 36 heavy (non-hydrogen) atoms. The van der Waals surface area contributed by atoms with E-state index in [1.54, 1.807) is 6.07 Å². The molecule has 0 bridgehead atoms. The first-order chi connectivity index (χ1) is 17.5. The second kappa shape index (κ2) is 10.7. The Balaban J connectivity index is 1.03. The summed E-state index contributed by atoms with van der Waals surface area (Å²) < 4.78 is 7.77. The van der Waals surface area contributed by atoms with Crippen LogP contribution in [-0.4, -0.2) is 56.8 Å². The summed E-state index contributed by atoms with van der Waals surface area (Å²) in [4.78, 5) is 33.4. The van der Waals surface area contributed by atoms with Crippen LogP contribution in [0.25, 0.3) is 11.0 Å². The molecule has 0 saturated heterocycles. The van der Waals surface area contributed by atoms with Crippen LogP contribution in [0.5, 0.6) is 0 Å². The second-order valence-electron chi connectivity index (χ2n) is 9.93. The molecular weight excluding hydrogens is 458 g/mol. The number of nitrogens with one attached hydrogen (secondary N) is 2. The molecule has 1 aliphatic carbocycles. The number of aromatic nitrogens is 3. The molecule has 3 N–H and O–H groups in total. The van der Waals surface area contributed by atoms with Crippen LogP contribution in [0.1, 0.15) is 53.7 Å². The van der Waals surface area contributed by atoms with Gasteiger partial charge in [-0.3, -0.25) is 4.79 Å². The highest BCUT2D eigenvalue weighted by Crippen LogP contribution is 2.34. The van der Waals surface area contributed by atoms with Gasteiger partial charge in [0.2, 0.25) is 0 Å². The van der Waals surface area contributed by atoms with Crippen molar-refractivity contribution in [2.45, 2.75) is 57.1 Å². The third-order valence-electron chi connectivity index (χ3n) is 7.29. The largest absolute Gasteiger partial charge is 0.480 e. The van der Waals surface area contributed by atoms with E-state index in [1.165, 1.54) is 18.2 Å². The van der Waals surface area contributed by atoms with Crippen LogP contribution in [-0.2, 0) is 29.4 Å². The maximum Gasteiger partial charge on any atom is 0.326 e. The zero-order valence-corrected chi connectivity index (χ0v) is 20.6. The number of carbonyl (C=O) groups is 2. The monoisotopic (exact) mass is 491 g/mol. The van der Waals surface area contributed by atoms with E-state index in [-0.39, 0.29) is 12.5 Å². The van der Waals surface area contributed by atoms with Gasteiger partial charge in [0.25, 0.3) is 5.91 Å². The zero-order valence-electron chi connectivity index (χ0n) is 20.6. The number of pyridine rings is 2. The Bertz CT molecular complexity index is 1250.